The molecule has 1 saturated carbocycles. The van der Waals surface area contributed by atoms with Crippen molar-refractivity contribution in [3.05, 3.63) is 11.9 Å². The van der Waals surface area contributed by atoms with Gasteiger partial charge in [-0.2, -0.15) is 0 Å². The van der Waals surface area contributed by atoms with Crippen molar-refractivity contribution < 1.29 is 19.1 Å². The molecule has 1 aliphatic rings. The Hall–Kier alpha value is -1.99. The Kier molecular flexibility index (Phi) is 3.77. The molecule has 8 heteroatoms. The lowest BCUT2D eigenvalue weighted by Crippen LogP contribution is -2.38. The Morgan fingerprint density at radius 1 is 1.58 bits per heavy atom. The van der Waals surface area contributed by atoms with Crippen molar-refractivity contribution in [2.24, 2.45) is 5.92 Å². The number of alkyl halides is 1. The number of carboxylic acid groups (broad SMARTS) is 1. The summed E-state index contributed by atoms with van der Waals surface area (Å²) in [6.07, 6.45) is 1.53. The molecule has 1 fully saturated rings. The molecule has 0 atom stereocenters. The van der Waals surface area contributed by atoms with E-state index in [2.05, 4.69) is 10.3 Å². The van der Waals surface area contributed by atoms with Gasteiger partial charge in [0.25, 0.3) is 5.91 Å². The number of aliphatic carboxylic acids is 1. The Morgan fingerprint density at radius 3 is 2.84 bits per heavy atom. The summed E-state index contributed by atoms with van der Waals surface area (Å²) in [7, 11) is 1.62. The first kappa shape index (κ1) is 13.4. The van der Waals surface area contributed by atoms with Gasteiger partial charge >= 0.3 is 5.97 Å². The van der Waals surface area contributed by atoms with Gasteiger partial charge in [0.2, 0.25) is 0 Å². The number of carbonyl (C=O) groups is 2. The van der Waals surface area contributed by atoms with Crippen LogP contribution in [0.25, 0.3) is 0 Å². The van der Waals surface area contributed by atoms with Gasteiger partial charge in [0.05, 0.1) is 6.20 Å². The second-order valence-corrected chi connectivity index (χ2v) is 4.82. The van der Waals surface area contributed by atoms with Gasteiger partial charge in [0.15, 0.2) is 5.69 Å². The SMILES string of the molecule is CN(CC1CC(F)C1)C(=O)c1cn(CC(=O)O)nn1. The molecule has 0 aliphatic heterocycles. The van der Waals surface area contributed by atoms with Gasteiger partial charge in [-0.1, -0.05) is 5.21 Å². The smallest absolute Gasteiger partial charge is 0.325 e. The summed E-state index contributed by atoms with van der Waals surface area (Å²) in [4.78, 5) is 23.9. The molecule has 7 nitrogen and oxygen atoms in total. The molecule has 1 heterocycles. The zero-order valence-corrected chi connectivity index (χ0v) is 10.5. The molecule has 1 N–H and O–H groups in total. The first-order valence-electron chi connectivity index (χ1n) is 5.97. The first-order chi connectivity index (χ1) is 8.95. The highest BCUT2D eigenvalue weighted by molar-refractivity contribution is 5.91. The maximum Gasteiger partial charge on any atom is 0.325 e. The summed E-state index contributed by atoms with van der Waals surface area (Å²) in [5, 5.41) is 15.8. The molecule has 1 amide bonds. The largest absolute Gasteiger partial charge is 0.480 e. The number of amides is 1. The van der Waals surface area contributed by atoms with E-state index < -0.39 is 12.1 Å². The number of hydrogen-bond acceptors (Lipinski definition) is 4. The summed E-state index contributed by atoms with van der Waals surface area (Å²) in [5.41, 5.74) is 0.0971. The molecule has 1 aliphatic carbocycles. The van der Waals surface area contributed by atoms with Crippen molar-refractivity contribution in [1.29, 1.82) is 0 Å². The number of halogens is 1. The van der Waals surface area contributed by atoms with Gasteiger partial charge < -0.3 is 10.0 Å². The second kappa shape index (κ2) is 5.33. The van der Waals surface area contributed by atoms with Crippen molar-refractivity contribution in [2.45, 2.75) is 25.6 Å². The van der Waals surface area contributed by atoms with Crippen molar-refractivity contribution >= 4 is 11.9 Å². The Labute approximate surface area is 109 Å². The van der Waals surface area contributed by atoms with Gasteiger partial charge in [0, 0.05) is 13.6 Å². The lowest BCUT2D eigenvalue weighted by atomic mass is 9.83. The zero-order valence-electron chi connectivity index (χ0n) is 10.5. The number of carbonyl (C=O) groups excluding carboxylic acids is 1. The zero-order chi connectivity index (χ0) is 14.0. The Bertz CT molecular complexity index is 484. The quantitative estimate of drug-likeness (QED) is 0.824. The fourth-order valence-electron chi connectivity index (χ4n) is 2.08. The minimum Gasteiger partial charge on any atom is -0.480 e. The van der Waals surface area contributed by atoms with Gasteiger partial charge in [-0.05, 0) is 18.8 Å². The van der Waals surface area contributed by atoms with E-state index in [0.29, 0.717) is 19.4 Å². The van der Waals surface area contributed by atoms with E-state index >= 15 is 0 Å². The molecule has 104 valence electrons. The van der Waals surface area contributed by atoms with Crippen LogP contribution in [0.4, 0.5) is 4.39 Å². The molecule has 0 bridgehead atoms. The first-order valence-corrected chi connectivity index (χ1v) is 5.97. The van der Waals surface area contributed by atoms with Crippen LogP contribution in [0.5, 0.6) is 0 Å². The van der Waals surface area contributed by atoms with Crippen molar-refractivity contribution in [3.63, 3.8) is 0 Å². The number of carboxylic acids is 1. The van der Waals surface area contributed by atoms with Crippen molar-refractivity contribution in [1.82, 2.24) is 19.9 Å². The average Bonchev–Trinajstić information content (AvgIpc) is 2.73. The highest BCUT2D eigenvalue weighted by Gasteiger charge is 2.31. The van der Waals surface area contributed by atoms with E-state index in [-0.39, 0.29) is 24.1 Å². The molecule has 2 rings (SSSR count). The maximum absolute atomic E-state index is 12.7. The van der Waals surface area contributed by atoms with Gasteiger partial charge in [0.1, 0.15) is 12.7 Å². The topological polar surface area (TPSA) is 88.3 Å². The third-order valence-corrected chi connectivity index (χ3v) is 3.11. The second-order valence-electron chi connectivity index (χ2n) is 4.82. The predicted octanol–water partition coefficient (Wildman–Crippen LogP) is 0.183. The van der Waals surface area contributed by atoms with Gasteiger partial charge in [-0.3, -0.25) is 9.59 Å². The van der Waals surface area contributed by atoms with Gasteiger partial charge in [-0.25, -0.2) is 9.07 Å². The lowest BCUT2D eigenvalue weighted by Gasteiger charge is -2.32. The summed E-state index contributed by atoms with van der Waals surface area (Å²) >= 11 is 0. The fourth-order valence-corrected chi connectivity index (χ4v) is 2.08. The minimum atomic E-state index is -1.05. The Balaban J connectivity index is 1.91. The van der Waals surface area contributed by atoms with E-state index in [9.17, 15) is 14.0 Å². The van der Waals surface area contributed by atoms with Crippen LogP contribution in [0, 0.1) is 5.92 Å². The van der Waals surface area contributed by atoms with Crippen LogP contribution < -0.4 is 0 Å². The number of rotatable bonds is 5. The van der Waals surface area contributed by atoms with Crippen LogP contribution in [-0.2, 0) is 11.3 Å². The summed E-state index contributed by atoms with van der Waals surface area (Å²) < 4.78 is 13.8. The molecule has 0 unspecified atom stereocenters. The summed E-state index contributed by atoms with van der Waals surface area (Å²) in [6.45, 7) is 0.140. The van der Waals surface area contributed by atoms with E-state index in [1.165, 1.54) is 11.1 Å². The molecular weight excluding hydrogens is 255 g/mol. The summed E-state index contributed by atoms with van der Waals surface area (Å²) in [6, 6.07) is 0. The molecule has 19 heavy (non-hydrogen) atoms. The summed E-state index contributed by atoms with van der Waals surface area (Å²) in [5.74, 6) is -1.20. The van der Waals surface area contributed by atoms with Crippen LogP contribution in [0.1, 0.15) is 23.3 Å². The lowest BCUT2D eigenvalue weighted by molar-refractivity contribution is -0.137. The third kappa shape index (κ3) is 3.27. The predicted molar refractivity (Wildman–Crippen MR) is 62.2 cm³/mol. The minimum absolute atomic E-state index is 0.0971. The van der Waals surface area contributed by atoms with E-state index in [1.807, 2.05) is 0 Å². The highest BCUT2D eigenvalue weighted by atomic mass is 19.1. The Morgan fingerprint density at radius 2 is 2.26 bits per heavy atom. The molecule has 1 aromatic heterocycles. The molecule has 1 aromatic rings. The normalized spacial score (nSPS) is 21.8. The third-order valence-electron chi connectivity index (χ3n) is 3.11. The molecular formula is C11H15FN4O3. The molecule has 0 spiro atoms. The monoisotopic (exact) mass is 270 g/mol. The van der Waals surface area contributed by atoms with Crippen molar-refractivity contribution in [3.8, 4) is 0 Å². The maximum atomic E-state index is 12.7. The molecule has 0 radical (unpaired) electrons. The van der Waals surface area contributed by atoms with E-state index in [4.69, 9.17) is 5.11 Å². The molecule has 0 aromatic carbocycles. The average molecular weight is 270 g/mol. The molecule has 0 saturated heterocycles. The highest BCUT2D eigenvalue weighted by Crippen LogP contribution is 2.30. The fraction of sp³-hybridized carbons (Fsp3) is 0.636. The number of nitrogens with zero attached hydrogens (tertiary/aromatic N) is 4. The van der Waals surface area contributed by atoms with Gasteiger partial charge in [-0.15, -0.1) is 5.10 Å². The number of aromatic nitrogens is 3. The standard InChI is InChI=1S/C11H15FN4O3/c1-15(4-7-2-8(12)3-7)11(19)9-5-16(14-13-9)6-10(17)18/h5,7-8H,2-4,6H2,1H3,(H,17,18). The van der Waals surface area contributed by atoms with Crippen LogP contribution in [0.15, 0.2) is 6.20 Å². The van der Waals surface area contributed by atoms with E-state index in [1.54, 1.807) is 7.05 Å². The van der Waals surface area contributed by atoms with Crippen LogP contribution in [-0.4, -0.2) is 56.6 Å². The van der Waals surface area contributed by atoms with Crippen LogP contribution in [0.3, 0.4) is 0 Å². The number of hydrogen-bond donors (Lipinski definition) is 1. The van der Waals surface area contributed by atoms with Crippen LogP contribution in [0.2, 0.25) is 0 Å². The van der Waals surface area contributed by atoms with E-state index in [0.717, 1.165) is 4.68 Å². The van der Waals surface area contributed by atoms with Crippen molar-refractivity contribution in [2.75, 3.05) is 13.6 Å². The van der Waals surface area contributed by atoms with Crippen LogP contribution >= 0.6 is 0 Å².